The summed E-state index contributed by atoms with van der Waals surface area (Å²) in [6.07, 6.45) is 0. The van der Waals surface area contributed by atoms with Crippen molar-refractivity contribution in [3.63, 3.8) is 0 Å². The summed E-state index contributed by atoms with van der Waals surface area (Å²) in [5.41, 5.74) is 1.94. The fourth-order valence-corrected chi connectivity index (χ4v) is 3.10. The molecule has 2 aromatic carbocycles. The average molecular weight is 341 g/mol. The van der Waals surface area contributed by atoms with Gasteiger partial charge in [0.1, 0.15) is 5.82 Å². The van der Waals surface area contributed by atoms with Crippen LogP contribution >= 0.6 is 0 Å². The van der Waals surface area contributed by atoms with Gasteiger partial charge in [0.25, 0.3) is 0 Å². The molecule has 1 saturated heterocycles. The van der Waals surface area contributed by atoms with E-state index in [0.29, 0.717) is 5.69 Å². The molecule has 1 heterocycles. The Labute approximate surface area is 148 Å². The Bertz CT molecular complexity index is 682. The zero-order chi connectivity index (χ0) is 17.6. The van der Waals surface area contributed by atoms with Gasteiger partial charge in [-0.3, -0.25) is 14.6 Å². The number of piperazine rings is 1. The van der Waals surface area contributed by atoms with Gasteiger partial charge >= 0.3 is 0 Å². The molecule has 0 spiro atoms. The molecular weight excluding hydrogens is 317 g/mol. The minimum atomic E-state index is -0.305. The van der Waals surface area contributed by atoms with Gasteiger partial charge in [0.2, 0.25) is 5.91 Å². The fraction of sp³-hybridized carbons (Fsp3) is 0.350. The lowest BCUT2D eigenvalue weighted by atomic mass is 10.1. The molecule has 3 rings (SSSR count). The van der Waals surface area contributed by atoms with Crippen LogP contribution in [0.4, 0.5) is 10.1 Å². The van der Waals surface area contributed by atoms with Crippen molar-refractivity contribution in [3.8, 4) is 0 Å². The van der Waals surface area contributed by atoms with Crippen molar-refractivity contribution in [2.75, 3.05) is 31.5 Å². The molecule has 5 heteroatoms. The zero-order valence-corrected chi connectivity index (χ0v) is 14.5. The number of hydrogen-bond acceptors (Lipinski definition) is 3. The summed E-state index contributed by atoms with van der Waals surface area (Å²) in [6.45, 7) is 6.50. The van der Waals surface area contributed by atoms with Gasteiger partial charge in [0, 0.05) is 38.4 Å². The minimum Gasteiger partial charge on any atom is -0.325 e. The van der Waals surface area contributed by atoms with Crippen LogP contribution in [0.2, 0.25) is 0 Å². The fourth-order valence-electron chi connectivity index (χ4n) is 3.10. The van der Waals surface area contributed by atoms with Crippen LogP contribution in [0.15, 0.2) is 54.6 Å². The lowest BCUT2D eigenvalue weighted by molar-refractivity contribution is -0.121. The van der Waals surface area contributed by atoms with Gasteiger partial charge in [0.15, 0.2) is 0 Å². The molecule has 2 aromatic rings. The molecule has 132 valence electrons. The Morgan fingerprint density at radius 2 is 1.68 bits per heavy atom. The normalized spacial score (nSPS) is 17.2. The van der Waals surface area contributed by atoms with Crippen molar-refractivity contribution in [3.05, 3.63) is 66.0 Å². The molecule has 25 heavy (non-hydrogen) atoms. The Kier molecular flexibility index (Phi) is 5.79. The maximum absolute atomic E-state index is 12.9. The van der Waals surface area contributed by atoms with Crippen LogP contribution in [-0.4, -0.2) is 47.9 Å². The number of rotatable bonds is 5. The number of nitrogens with zero attached hydrogens (tertiary/aromatic N) is 2. The van der Waals surface area contributed by atoms with Crippen molar-refractivity contribution in [1.82, 2.24) is 9.80 Å². The van der Waals surface area contributed by atoms with E-state index in [1.165, 1.54) is 17.7 Å². The SMILES string of the molecule is C[C@H](C(=O)Nc1ccc(F)cc1)N1CCN(Cc2ccccc2)CC1. The third-order valence-corrected chi connectivity index (χ3v) is 4.69. The van der Waals surface area contributed by atoms with Gasteiger partial charge in [-0.2, -0.15) is 0 Å². The van der Waals surface area contributed by atoms with Crippen molar-refractivity contribution < 1.29 is 9.18 Å². The highest BCUT2D eigenvalue weighted by atomic mass is 19.1. The summed E-state index contributed by atoms with van der Waals surface area (Å²) < 4.78 is 12.9. The number of halogens is 1. The van der Waals surface area contributed by atoms with Gasteiger partial charge in [-0.25, -0.2) is 4.39 Å². The van der Waals surface area contributed by atoms with Crippen LogP contribution in [0.25, 0.3) is 0 Å². The zero-order valence-electron chi connectivity index (χ0n) is 14.5. The van der Waals surface area contributed by atoms with Crippen molar-refractivity contribution >= 4 is 11.6 Å². The van der Waals surface area contributed by atoms with E-state index in [1.54, 1.807) is 12.1 Å². The maximum atomic E-state index is 12.9. The van der Waals surface area contributed by atoms with Crippen LogP contribution < -0.4 is 5.32 Å². The highest BCUT2D eigenvalue weighted by Crippen LogP contribution is 2.13. The largest absolute Gasteiger partial charge is 0.325 e. The van der Waals surface area contributed by atoms with Gasteiger partial charge < -0.3 is 5.32 Å². The number of carbonyl (C=O) groups excluding carboxylic acids is 1. The highest BCUT2D eigenvalue weighted by Gasteiger charge is 2.25. The first kappa shape index (κ1) is 17.6. The number of nitrogens with one attached hydrogen (secondary N) is 1. The molecule has 1 fully saturated rings. The van der Waals surface area contributed by atoms with E-state index in [4.69, 9.17) is 0 Å². The molecule has 0 unspecified atom stereocenters. The Hall–Kier alpha value is -2.24. The number of benzene rings is 2. The summed E-state index contributed by atoms with van der Waals surface area (Å²) in [4.78, 5) is 17.0. The van der Waals surface area contributed by atoms with Crippen LogP contribution in [0.5, 0.6) is 0 Å². The second-order valence-corrected chi connectivity index (χ2v) is 6.47. The third kappa shape index (κ3) is 4.87. The predicted octanol–water partition coefficient (Wildman–Crippen LogP) is 2.97. The lowest BCUT2D eigenvalue weighted by Gasteiger charge is -2.37. The standard InChI is InChI=1S/C20H24FN3O/c1-16(20(25)22-19-9-7-18(21)8-10-19)24-13-11-23(12-14-24)15-17-5-3-2-4-6-17/h2-10,16H,11-15H2,1H3,(H,22,25)/t16-/m1/s1. The number of hydrogen-bond donors (Lipinski definition) is 1. The maximum Gasteiger partial charge on any atom is 0.241 e. The Morgan fingerprint density at radius 1 is 1.04 bits per heavy atom. The monoisotopic (exact) mass is 341 g/mol. The quantitative estimate of drug-likeness (QED) is 0.908. The van der Waals surface area contributed by atoms with Crippen LogP contribution in [0.3, 0.4) is 0 Å². The first-order valence-corrected chi connectivity index (χ1v) is 8.68. The average Bonchev–Trinajstić information content (AvgIpc) is 2.64. The first-order chi connectivity index (χ1) is 12.1. The summed E-state index contributed by atoms with van der Waals surface area (Å²) in [7, 11) is 0. The second kappa shape index (κ2) is 8.23. The molecule has 0 radical (unpaired) electrons. The minimum absolute atomic E-state index is 0.0527. The molecule has 0 bridgehead atoms. The van der Waals surface area contributed by atoms with Crippen LogP contribution in [-0.2, 0) is 11.3 Å². The third-order valence-electron chi connectivity index (χ3n) is 4.69. The van der Waals surface area contributed by atoms with Crippen molar-refractivity contribution in [2.45, 2.75) is 19.5 Å². The summed E-state index contributed by atoms with van der Waals surface area (Å²) in [5.74, 6) is -0.358. The van der Waals surface area contributed by atoms with Crippen LogP contribution in [0.1, 0.15) is 12.5 Å². The number of amides is 1. The van der Waals surface area contributed by atoms with E-state index in [2.05, 4.69) is 39.4 Å². The summed E-state index contributed by atoms with van der Waals surface area (Å²) in [5, 5.41) is 2.86. The van der Waals surface area contributed by atoms with Crippen LogP contribution in [0, 0.1) is 5.82 Å². The smallest absolute Gasteiger partial charge is 0.241 e. The second-order valence-electron chi connectivity index (χ2n) is 6.47. The van der Waals surface area contributed by atoms with E-state index >= 15 is 0 Å². The molecule has 1 atom stereocenters. The van der Waals surface area contributed by atoms with E-state index in [1.807, 2.05) is 13.0 Å². The molecule has 4 nitrogen and oxygen atoms in total. The van der Waals surface area contributed by atoms with Gasteiger partial charge in [-0.1, -0.05) is 30.3 Å². The molecule has 0 aliphatic carbocycles. The molecule has 1 aliphatic heterocycles. The van der Waals surface area contributed by atoms with Gasteiger partial charge in [-0.15, -0.1) is 0 Å². The molecule has 0 saturated carbocycles. The molecule has 0 aromatic heterocycles. The van der Waals surface area contributed by atoms with E-state index in [-0.39, 0.29) is 17.8 Å². The van der Waals surface area contributed by atoms with E-state index in [0.717, 1.165) is 32.7 Å². The van der Waals surface area contributed by atoms with Gasteiger partial charge in [-0.05, 0) is 36.8 Å². The predicted molar refractivity (Wildman–Crippen MR) is 97.8 cm³/mol. The summed E-state index contributed by atoms with van der Waals surface area (Å²) in [6, 6.07) is 16.1. The Morgan fingerprint density at radius 3 is 2.32 bits per heavy atom. The van der Waals surface area contributed by atoms with Crippen molar-refractivity contribution in [1.29, 1.82) is 0 Å². The summed E-state index contributed by atoms with van der Waals surface area (Å²) >= 11 is 0. The Balaban J connectivity index is 1.48. The lowest BCUT2D eigenvalue weighted by Crippen LogP contribution is -2.52. The topological polar surface area (TPSA) is 35.6 Å². The number of carbonyl (C=O) groups is 1. The van der Waals surface area contributed by atoms with E-state index in [9.17, 15) is 9.18 Å². The van der Waals surface area contributed by atoms with Crippen molar-refractivity contribution in [2.24, 2.45) is 0 Å². The molecular formula is C20H24FN3O. The molecule has 1 N–H and O–H groups in total. The van der Waals surface area contributed by atoms with E-state index < -0.39 is 0 Å². The highest BCUT2D eigenvalue weighted by molar-refractivity contribution is 5.94. The molecule has 1 amide bonds. The number of anilines is 1. The van der Waals surface area contributed by atoms with Gasteiger partial charge in [0.05, 0.1) is 6.04 Å². The molecule has 1 aliphatic rings. The first-order valence-electron chi connectivity index (χ1n) is 8.68.